The predicted molar refractivity (Wildman–Crippen MR) is 92.9 cm³/mol. The molecule has 2 atom stereocenters. The van der Waals surface area contributed by atoms with Gasteiger partial charge in [0.15, 0.2) is 0 Å². The zero-order valence-corrected chi connectivity index (χ0v) is 14.2. The van der Waals surface area contributed by atoms with Crippen LogP contribution in [0.25, 0.3) is 0 Å². The van der Waals surface area contributed by atoms with Crippen molar-refractivity contribution in [3.8, 4) is 5.75 Å². The van der Waals surface area contributed by atoms with Gasteiger partial charge in [-0.15, -0.1) is 0 Å². The van der Waals surface area contributed by atoms with Gasteiger partial charge < -0.3 is 20.2 Å². The summed E-state index contributed by atoms with van der Waals surface area (Å²) in [7, 11) is 0. The van der Waals surface area contributed by atoms with Gasteiger partial charge in [0, 0.05) is 17.8 Å². The molecule has 0 fully saturated rings. The zero-order chi connectivity index (χ0) is 18.0. The van der Waals surface area contributed by atoms with Crippen molar-refractivity contribution in [3.05, 3.63) is 58.4 Å². The molecule has 0 saturated carbocycles. The Hall–Kier alpha value is -2.31. The summed E-state index contributed by atoms with van der Waals surface area (Å²) in [5.74, 6) is 0.175. The minimum absolute atomic E-state index is 0.0442. The molecule has 0 aliphatic heterocycles. The molecular formula is C18H19ClN2O4. The van der Waals surface area contributed by atoms with Gasteiger partial charge in [0.1, 0.15) is 10.9 Å². The van der Waals surface area contributed by atoms with Crippen molar-refractivity contribution in [1.82, 2.24) is 9.88 Å². The number of fused-ring (bicyclic) bond motifs is 1. The van der Waals surface area contributed by atoms with Crippen LogP contribution in [-0.2, 0) is 12.8 Å². The largest absolute Gasteiger partial charge is 0.508 e. The van der Waals surface area contributed by atoms with E-state index < -0.39 is 12.2 Å². The second kappa shape index (κ2) is 7.29. The van der Waals surface area contributed by atoms with Crippen LogP contribution in [0.3, 0.4) is 0 Å². The van der Waals surface area contributed by atoms with Crippen molar-refractivity contribution in [1.29, 1.82) is 0 Å². The highest BCUT2D eigenvalue weighted by Crippen LogP contribution is 2.28. The van der Waals surface area contributed by atoms with Crippen molar-refractivity contribution < 1.29 is 20.1 Å². The monoisotopic (exact) mass is 362 g/mol. The average molecular weight is 363 g/mol. The fraction of sp³-hybridized carbons (Fsp3) is 0.333. The van der Waals surface area contributed by atoms with Gasteiger partial charge in [-0.3, -0.25) is 0 Å². The van der Waals surface area contributed by atoms with E-state index in [1.54, 1.807) is 24.3 Å². The lowest BCUT2D eigenvalue weighted by molar-refractivity contribution is 0.0725. The highest BCUT2D eigenvalue weighted by molar-refractivity contribution is 6.29. The molecule has 3 N–H and O–H groups in total. The number of aromatic hydroxyl groups is 1. The van der Waals surface area contributed by atoms with Crippen LogP contribution in [-0.4, -0.2) is 43.9 Å². The Kier molecular flexibility index (Phi) is 5.11. The summed E-state index contributed by atoms with van der Waals surface area (Å²) in [5.41, 5.74) is 2.59. The first-order valence-corrected chi connectivity index (χ1v) is 8.41. The molecule has 0 saturated heterocycles. The molecule has 132 valence electrons. The number of nitrogens with zero attached hydrogens (tertiary/aromatic N) is 2. The molecule has 3 rings (SSSR count). The Bertz CT molecular complexity index is 766. The molecule has 0 unspecified atom stereocenters. The molecule has 0 radical (unpaired) electrons. The van der Waals surface area contributed by atoms with Gasteiger partial charge in [-0.05, 0) is 48.6 Å². The molecule has 7 heteroatoms. The number of aliphatic hydroxyl groups excluding tert-OH is 1. The number of hydrogen-bond acceptors (Lipinski definition) is 4. The van der Waals surface area contributed by atoms with Crippen LogP contribution in [0.1, 0.15) is 29.2 Å². The molecule has 0 spiro atoms. The van der Waals surface area contributed by atoms with Gasteiger partial charge in [0.2, 0.25) is 0 Å². The van der Waals surface area contributed by atoms with Gasteiger partial charge in [-0.2, -0.15) is 0 Å². The maximum Gasteiger partial charge on any atom is 0.407 e. The molecule has 0 bridgehead atoms. The minimum Gasteiger partial charge on any atom is -0.508 e. The third-order valence-electron chi connectivity index (χ3n) is 4.58. The molecule has 6 nitrogen and oxygen atoms in total. The normalized spacial score (nSPS) is 17.6. The second-order valence-electron chi connectivity index (χ2n) is 6.21. The Morgan fingerprint density at radius 2 is 2.12 bits per heavy atom. The van der Waals surface area contributed by atoms with E-state index in [1.807, 2.05) is 6.07 Å². The number of aromatic nitrogens is 1. The predicted octanol–water partition coefficient (Wildman–Crippen LogP) is 3.01. The summed E-state index contributed by atoms with van der Waals surface area (Å²) in [6, 6.07) is 8.15. The summed E-state index contributed by atoms with van der Waals surface area (Å²) in [4.78, 5) is 16.9. The van der Waals surface area contributed by atoms with E-state index in [9.17, 15) is 20.1 Å². The fourth-order valence-electron chi connectivity index (χ4n) is 3.25. The lowest BCUT2D eigenvalue weighted by Gasteiger charge is -2.34. The molecule has 1 aliphatic rings. The summed E-state index contributed by atoms with van der Waals surface area (Å²) < 4.78 is 0. The van der Waals surface area contributed by atoms with Crippen LogP contribution in [0.2, 0.25) is 5.15 Å². The van der Waals surface area contributed by atoms with Gasteiger partial charge in [-0.25, -0.2) is 9.78 Å². The second-order valence-corrected chi connectivity index (χ2v) is 6.60. The highest BCUT2D eigenvalue weighted by Gasteiger charge is 2.29. The summed E-state index contributed by atoms with van der Waals surface area (Å²) in [6.07, 6.45) is 1.32. The molecule has 1 aromatic heterocycles. The number of amides is 1. The molecule has 25 heavy (non-hydrogen) atoms. The van der Waals surface area contributed by atoms with Gasteiger partial charge in [0.05, 0.1) is 12.6 Å². The fourth-order valence-corrected chi connectivity index (χ4v) is 3.36. The standard InChI is InChI=1S/C18H19ClN2O4/c19-17-6-3-12(9-20-17)16(23)10-21(18(24)25)14-4-1-11-2-5-15(22)8-13(11)7-14/h2-3,5-6,8-9,14,16,22-23H,1,4,7,10H2,(H,24,25)/t14-,16+/m0/s1. The number of carbonyl (C=O) groups is 1. The van der Waals surface area contributed by atoms with Crippen molar-refractivity contribution >= 4 is 17.7 Å². The number of pyridine rings is 1. The van der Waals surface area contributed by atoms with E-state index in [4.69, 9.17) is 11.6 Å². The lowest BCUT2D eigenvalue weighted by atomic mass is 9.87. The number of halogens is 1. The molecular weight excluding hydrogens is 344 g/mol. The number of aryl methyl sites for hydroxylation is 1. The first kappa shape index (κ1) is 17.5. The van der Waals surface area contributed by atoms with E-state index in [1.165, 1.54) is 11.1 Å². The first-order chi connectivity index (χ1) is 11.9. The molecule has 1 amide bonds. The molecule has 2 aromatic rings. The van der Waals surface area contributed by atoms with E-state index >= 15 is 0 Å². The molecule has 1 heterocycles. The summed E-state index contributed by atoms with van der Waals surface area (Å²) in [5, 5.41) is 29.9. The van der Waals surface area contributed by atoms with Crippen LogP contribution in [0, 0.1) is 0 Å². The smallest absolute Gasteiger partial charge is 0.407 e. The van der Waals surface area contributed by atoms with Crippen LogP contribution >= 0.6 is 11.6 Å². The minimum atomic E-state index is -1.07. The van der Waals surface area contributed by atoms with Crippen LogP contribution in [0.15, 0.2) is 36.5 Å². The lowest BCUT2D eigenvalue weighted by Crippen LogP contribution is -2.44. The van der Waals surface area contributed by atoms with Gasteiger partial charge >= 0.3 is 6.09 Å². The van der Waals surface area contributed by atoms with Crippen molar-refractivity contribution in [2.45, 2.75) is 31.4 Å². The number of benzene rings is 1. The van der Waals surface area contributed by atoms with Crippen molar-refractivity contribution in [2.75, 3.05) is 6.54 Å². The number of carboxylic acid groups (broad SMARTS) is 1. The SMILES string of the molecule is O=C(O)N(C[C@@H](O)c1ccc(Cl)nc1)[C@H]1CCc2ccc(O)cc2C1. The first-order valence-electron chi connectivity index (χ1n) is 8.04. The quantitative estimate of drug-likeness (QED) is 0.727. The third-order valence-corrected chi connectivity index (χ3v) is 4.81. The molecule has 1 aromatic carbocycles. The van der Waals surface area contributed by atoms with Crippen LogP contribution in [0.4, 0.5) is 4.79 Å². The summed E-state index contributed by atoms with van der Waals surface area (Å²) >= 11 is 5.74. The topological polar surface area (TPSA) is 93.9 Å². The summed E-state index contributed by atoms with van der Waals surface area (Å²) in [6.45, 7) is -0.0442. The number of rotatable bonds is 4. The average Bonchev–Trinajstić information content (AvgIpc) is 2.59. The van der Waals surface area contributed by atoms with Crippen molar-refractivity contribution in [2.24, 2.45) is 0 Å². The van der Waals surface area contributed by atoms with Crippen LogP contribution < -0.4 is 0 Å². The Balaban J connectivity index is 1.75. The van der Waals surface area contributed by atoms with E-state index in [2.05, 4.69) is 4.98 Å². The van der Waals surface area contributed by atoms with Crippen LogP contribution in [0.5, 0.6) is 5.75 Å². The Morgan fingerprint density at radius 1 is 1.32 bits per heavy atom. The van der Waals surface area contributed by atoms with Crippen molar-refractivity contribution in [3.63, 3.8) is 0 Å². The number of phenolic OH excluding ortho intramolecular Hbond substituents is 1. The number of aliphatic hydroxyl groups is 1. The Morgan fingerprint density at radius 3 is 2.80 bits per heavy atom. The highest BCUT2D eigenvalue weighted by atomic mass is 35.5. The number of phenols is 1. The van der Waals surface area contributed by atoms with Gasteiger partial charge in [-0.1, -0.05) is 23.7 Å². The third kappa shape index (κ3) is 4.03. The van der Waals surface area contributed by atoms with E-state index in [-0.39, 0.29) is 18.3 Å². The van der Waals surface area contributed by atoms with E-state index in [0.717, 1.165) is 17.5 Å². The van der Waals surface area contributed by atoms with E-state index in [0.29, 0.717) is 23.6 Å². The molecule has 1 aliphatic carbocycles. The maximum absolute atomic E-state index is 11.7. The maximum atomic E-state index is 11.7. The van der Waals surface area contributed by atoms with Gasteiger partial charge in [0.25, 0.3) is 0 Å². The zero-order valence-electron chi connectivity index (χ0n) is 13.5. The number of hydrogen-bond donors (Lipinski definition) is 3. The Labute approximate surface area is 150 Å².